The van der Waals surface area contributed by atoms with E-state index < -0.39 is 0 Å². The van der Waals surface area contributed by atoms with Gasteiger partial charge in [-0.3, -0.25) is 4.79 Å². The van der Waals surface area contributed by atoms with Gasteiger partial charge in [-0.25, -0.2) is 4.39 Å². The van der Waals surface area contributed by atoms with Gasteiger partial charge in [-0.2, -0.15) is 0 Å². The van der Waals surface area contributed by atoms with Crippen molar-refractivity contribution in [1.29, 1.82) is 0 Å². The molecule has 0 aliphatic carbocycles. The van der Waals surface area contributed by atoms with E-state index in [1.165, 1.54) is 12.1 Å². The van der Waals surface area contributed by atoms with Crippen molar-refractivity contribution >= 4 is 5.91 Å². The fourth-order valence-corrected chi connectivity index (χ4v) is 3.18. The Hall–Kier alpha value is -1.64. The van der Waals surface area contributed by atoms with Crippen molar-refractivity contribution in [2.24, 2.45) is 0 Å². The highest BCUT2D eigenvalue weighted by molar-refractivity contribution is 5.78. The number of benzene rings is 1. The molecule has 2 heterocycles. The fraction of sp³-hybridized carbons (Fsp3) is 0.438. The summed E-state index contributed by atoms with van der Waals surface area (Å²) in [6, 6.07) is 6.91. The molecule has 2 unspecified atom stereocenters. The highest BCUT2D eigenvalue weighted by atomic mass is 19.1. The van der Waals surface area contributed by atoms with Gasteiger partial charge >= 0.3 is 0 Å². The van der Waals surface area contributed by atoms with E-state index >= 15 is 0 Å². The molecule has 0 N–H and O–H groups in total. The lowest BCUT2D eigenvalue weighted by atomic mass is 9.90. The van der Waals surface area contributed by atoms with Crippen molar-refractivity contribution < 1.29 is 9.18 Å². The maximum absolute atomic E-state index is 13.0. The van der Waals surface area contributed by atoms with E-state index in [9.17, 15) is 9.18 Å². The Bertz CT molecular complexity index is 494. The van der Waals surface area contributed by atoms with Crippen molar-refractivity contribution in [3.05, 3.63) is 47.8 Å². The van der Waals surface area contributed by atoms with Crippen LogP contribution in [-0.4, -0.2) is 16.8 Å². The van der Waals surface area contributed by atoms with Crippen LogP contribution in [0.25, 0.3) is 0 Å². The van der Waals surface area contributed by atoms with E-state index in [0.717, 1.165) is 31.2 Å². The van der Waals surface area contributed by atoms with Gasteiger partial charge in [-0.05, 0) is 43.4 Å². The monoisotopic (exact) mass is 259 g/mol. The predicted octanol–water partition coefficient (Wildman–Crippen LogP) is 3.60. The quantitative estimate of drug-likeness (QED) is 0.706. The normalized spacial score (nSPS) is 27.0. The van der Waals surface area contributed by atoms with Crippen LogP contribution in [0.2, 0.25) is 0 Å². The smallest absolute Gasteiger partial charge is 0.223 e. The molecule has 19 heavy (non-hydrogen) atoms. The van der Waals surface area contributed by atoms with Gasteiger partial charge in [0.05, 0.1) is 12.1 Å². The highest BCUT2D eigenvalue weighted by Gasteiger charge is 2.34. The lowest BCUT2D eigenvalue weighted by Crippen LogP contribution is -2.44. The van der Waals surface area contributed by atoms with E-state index in [1.807, 2.05) is 17.0 Å². The lowest BCUT2D eigenvalue weighted by molar-refractivity contribution is -0.136. The number of nitrogens with zero attached hydrogens (tertiary/aromatic N) is 1. The number of hydrogen-bond acceptors (Lipinski definition) is 1. The Kier molecular flexibility index (Phi) is 3.36. The summed E-state index contributed by atoms with van der Waals surface area (Å²) >= 11 is 0. The molecule has 1 aromatic carbocycles. The first-order valence-corrected chi connectivity index (χ1v) is 6.99. The third-order valence-corrected chi connectivity index (χ3v) is 4.10. The van der Waals surface area contributed by atoms with Gasteiger partial charge in [-0.15, -0.1) is 0 Å². The summed E-state index contributed by atoms with van der Waals surface area (Å²) in [5.41, 5.74) is 1.05. The molecular formula is C16H18FNO. The Morgan fingerprint density at radius 1 is 1.16 bits per heavy atom. The SMILES string of the molecule is O=C1CCC=CC2CCCC(c3ccc(F)cc3)N12. The van der Waals surface area contributed by atoms with Crippen LogP contribution in [0.5, 0.6) is 0 Å². The Balaban J connectivity index is 1.93. The number of piperidine rings is 1. The third-order valence-electron chi connectivity index (χ3n) is 4.10. The summed E-state index contributed by atoms with van der Waals surface area (Å²) in [6.07, 6.45) is 8.84. The van der Waals surface area contributed by atoms with Crippen molar-refractivity contribution in [2.75, 3.05) is 0 Å². The minimum Gasteiger partial charge on any atom is -0.329 e. The summed E-state index contributed by atoms with van der Waals surface area (Å²) in [5.74, 6) is 0.00206. The predicted molar refractivity (Wildman–Crippen MR) is 72.0 cm³/mol. The first-order valence-electron chi connectivity index (χ1n) is 6.99. The van der Waals surface area contributed by atoms with Gasteiger partial charge in [0, 0.05) is 6.42 Å². The second kappa shape index (κ2) is 5.16. The Morgan fingerprint density at radius 2 is 1.95 bits per heavy atom. The summed E-state index contributed by atoms with van der Waals surface area (Å²) in [7, 11) is 0. The molecule has 0 spiro atoms. The molecule has 1 aromatic rings. The molecule has 2 aliphatic heterocycles. The number of rotatable bonds is 1. The molecule has 0 aromatic heterocycles. The van der Waals surface area contributed by atoms with Crippen LogP contribution >= 0.6 is 0 Å². The van der Waals surface area contributed by atoms with E-state index in [0.29, 0.717) is 6.42 Å². The molecular weight excluding hydrogens is 241 g/mol. The number of hydrogen-bond donors (Lipinski definition) is 0. The first-order chi connectivity index (χ1) is 9.25. The zero-order chi connectivity index (χ0) is 13.2. The van der Waals surface area contributed by atoms with E-state index in [1.54, 1.807) is 0 Å². The molecule has 2 atom stereocenters. The Labute approximate surface area is 112 Å². The van der Waals surface area contributed by atoms with Crippen LogP contribution < -0.4 is 0 Å². The zero-order valence-corrected chi connectivity index (χ0v) is 10.9. The van der Waals surface area contributed by atoms with Gasteiger partial charge in [0.1, 0.15) is 5.82 Å². The molecule has 1 saturated heterocycles. The minimum atomic E-state index is -0.224. The van der Waals surface area contributed by atoms with E-state index in [4.69, 9.17) is 0 Å². The van der Waals surface area contributed by atoms with Crippen molar-refractivity contribution in [3.63, 3.8) is 0 Å². The molecule has 0 bridgehead atoms. The van der Waals surface area contributed by atoms with Gasteiger partial charge in [0.25, 0.3) is 0 Å². The second-order valence-corrected chi connectivity index (χ2v) is 5.33. The standard InChI is InChI=1S/C16H18FNO/c17-13-10-8-12(9-11-13)15-6-3-5-14-4-1-2-7-16(19)18(14)15/h1,4,8-11,14-15H,2-3,5-7H2. The number of carbonyl (C=O) groups excluding carboxylic acids is 1. The number of halogens is 1. The molecule has 1 fully saturated rings. The molecule has 0 saturated carbocycles. The minimum absolute atomic E-state index is 0.106. The van der Waals surface area contributed by atoms with Gasteiger partial charge in [0.2, 0.25) is 5.91 Å². The van der Waals surface area contributed by atoms with Gasteiger partial charge < -0.3 is 4.90 Å². The van der Waals surface area contributed by atoms with Crippen LogP contribution in [0.15, 0.2) is 36.4 Å². The average Bonchev–Trinajstić information content (AvgIpc) is 2.62. The topological polar surface area (TPSA) is 20.3 Å². The third kappa shape index (κ3) is 2.42. The van der Waals surface area contributed by atoms with Gasteiger partial charge in [0.15, 0.2) is 0 Å². The van der Waals surface area contributed by atoms with Crippen molar-refractivity contribution in [1.82, 2.24) is 4.90 Å². The number of carbonyl (C=O) groups is 1. The maximum atomic E-state index is 13.0. The molecule has 0 radical (unpaired) electrons. The molecule has 2 nitrogen and oxygen atoms in total. The molecule has 100 valence electrons. The van der Waals surface area contributed by atoms with Crippen LogP contribution in [0.3, 0.4) is 0 Å². The molecule has 1 amide bonds. The van der Waals surface area contributed by atoms with Crippen LogP contribution in [0.4, 0.5) is 4.39 Å². The van der Waals surface area contributed by atoms with Crippen molar-refractivity contribution in [3.8, 4) is 0 Å². The fourth-order valence-electron chi connectivity index (χ4n) is 3.18. The van der Waals surface area contributed by atoms with Crippen LogP contribution in [0, 0.1) is 5.82 Å². The zero-order valence-electron chi connectivity index (χ0n) is 10.9. The number of amides is 1. The molecule has 2 aliphatic rings. The summed E-state index contributed by atoms with van der Waals surface area (Å²) in [4.78, 5) is 14.3. The number of allylic oxidation sites excluding steroid dienone is 1. The molecule has 3 rings (SSSR count). The number of fused-ring (bicyclic) bond motifs is 1. The molecule has 3 heteroatoms. The largest absolute Gasteiger partial charge is 0.329 e. The average molecular weight is 259 g/mol. The van der Waals surface area contributed by atoms with Crippen molar-refractivity contribution in [2.45, 2.75) is 44.2 Å². The summed E-state index contributed by atoms with van der Waals surface area (Å²) in [5, 5.41) is 0. The van der Waals surface area contributed by atoms with Crippen LogP contribution in [0.1, 0.15) is 43.7 Å². The Morgan fingerprint density at radius 3 is 2.74 bits per heavy atom. The highest BCUT2D eigenvalue weighted by Crippen LogP contribution is 2.36. The lowest BCUT2D eigenvalue weighted by Gasteiger charge is -2.41. The van der Waals surface area contributed by atoms with Crippen LogP contribution in [-0.2, 0) is 4.79 Å². The van der Waals surface area contributed by atoms with E-state index in [-0.39, 0.29) is 23.8 Å². The second-order valence-electron chi connectivity index (χ2n) is 5.33. The first kappa shape index (κ1) is 12.4. The summed E-state index contributed by atoms with van der Waals surface area (Å²) < 4.78 is 13.0. The van der Waals surface area contributed by atoms with Gasteiger partial charge in [-0.1, -0.05) is 24.3 Å². The van der Waals surface area contributed by atoms with E-state index in [2.05, 4.69) is 12.2 Å². The maximum Gasteiger partial charge on any atom is 0.223 e. The summed E-state index contributed by atoms with van der Waals surface area (Å²) in [6.45, 7) is 0.